The summed E-state index contributed by atoms with van der Waals surface area (Å²) in [6, 6.07) is 17.7. The molecular weight excluding hydrogens is 437 g/mol. The smallest absolute Gasteiger partial charge is 0.363 e. The molecule has 7 nitrogen and oxygen atoms in total. The van der Waals surface area contributed by atoms with E-state index in [0.717, 1.165) is 0 Å². The van der Waals surface area contributed by atoms with E-state index in [1.54, 1.807) is 24.3 Å². The Labute approximate surface area is 183 Å². The van der Waals surface area contributed by atoms with Gasteiger partial charge in [-0.2, -0.15) is 8.42 Å². The molecule has 3 aromatic rings. The van der Waals surface area contributed by atoms with Crippen molar-refractivity contribution in [2.45, 2.75) is 4.90 Å². The number of cyclic esters (lactones) is 1. The fraction of sp³-hybridized carbons (Fsp3) is 0.0435. The standard InChI is InChI=1S/C23H16FNO6S/c1-29-16-10-12-17(13-11-16)32(27,28)31-21-9-5-2-6-15(21)14-20-23(26)30-22(25-20)18-7-3-4-8-19(18)24/h2-14H,1H3/b20-14+. The van der Waals surface area contributed by atoms with Crippen molar-refractivity contribution in [3.63, 3.8) is 0 Å². The SMILES string of the molecule is COc1ccc(S(=O)(=O)Oc2ccccc2/C=C2/N=C(c3ccccc3F)OC2=O)cc1. The summed E-state index contributed by atoms with van der Waals surface area (Å²) in [5.41, 5.74) is 0.187. The van der Waals surface area contributed by atoms with Crippen molar-refractivity contribution in [1.29, 1.82) is 0 Å². The maximum atomic E-state index is 14.0. The number of esters is 1. The topological polar surface area (TPSA) is 91.3 Å². The van der Waals surface area contributed by atoms with Gasteiger partial charge in [-0.15, -0.1) is 0 Å². The Balaban J connectivity index is 1.66. The van der Waals surface area contributed by atoms with Crippen LogP contribution in [0.1, 0.15) is 11.1 Å². The largest absolute Gasteiger partial charge is 0.497 e. The third-order valence-corrected chi connectivity index (χ3v) is 5.73. The van der Waals surface area contributed by atoms with Crippen LogP contribution in [0.15, 0.2) is 88.4 Å². The molecule has 0 bridgehead atoms. The first kappa shape index (κ1) is 21.3. The van der Waals surface area contributed by atoms with Crippen molar-refractivity contribution >= 4 is 28.1 Å². The quantitative estimate of drug-likeness (QED) is 0.319. The van der Waals surface area contributed by atoms with E-state index < -0.39 is 21.9 Å². The molecule has 0 spiro atoms. The highest BCUT2D eigenvalue weighted by molar-refractivity contribution is 7.87. The van der Waals surface area contributed by atoms with Crippen LogP contribution >= 0.6 is 0 Å². The minimum atomic E-state index is -4.15. The van der Waals surface area contributed by atoms with E-state index in [1.165, 1.54) is 61.7 Å². The van der Waals surface area contributed by atoms with Gasteiger partial charge in [0.25, 0.3) is 0 Å². The van der Waals surface area contributed by atoms with Gasteiger partial charge in [0.2, 0.25) is 5.90 Å². The second kappa shape index (κ2) is 8.64. The fourth-order valence-electron chi connectivity index (χ4n) is 2.89. The molecule has 162 valence electrons. The van der Waals surface area contributed by atoms with Gasteiger partial charge in [-0.1, -0.05) is 30.3 Å². The summed E-state index contributed by atoms with van der Waals surface area (Å²) in [6.45, 7) is 0. The number of ether oxygens (including phenoxy) is 2. The Bertz CT molecular complexity index is 1350. The number of methoxy groups -OCH3 is 1. The van der Waals surface area contributed by atoms with Crippen LogP contribution in [0.3, 0.4) is 0 Å². The summed E-state index contributed by atoms with van der Waals surface area (Å²) >= 11 is 0. The molecule has 0 unspecified atom stereocenters. The van der Waals surface area contributed by atoms with Crippen LogP contribution in [-0.2, 0) is 19.6 Å². The van der Waals surface area contributed by atoms with Crippen LogP contribution < -0.4 is 8.92 Å². The summed E-state index contributed by atoms with van der Waals surface area (Å²) in [6.07, 6.45) is 1.31. The van der Waals surface area contributed by atoms with E-state index >= 15 is 0 Å². The summed E-state index contributed by atoms with van der Waals surface area (Å²) in [5.74, 6) is -1.08. The third-order valence-electron chi connectivity index (χ3n) is 4.48. The first-order chi connectivity index (χ1) is 15.4. The van der Waals surface area contributed by atoms with Gasteiger partial charge in [0.1, 0.15) is 22.2 Å². The predicted octanol–water partition coefficient (Wildman–Crippen LogP) is 3.95. The molecule has 9 heteroatoms. The Morgan fingerprint density at radius 3 is 2.38 bits per heavy atom. The van der Waals surface area contributed by atoms with Crippen LogP contribution in [0.4, 0.5) is 4.39 Å². The number of aliphatic imine (C=N–C) groups is 1. The summed E-state index contributed by atoms with van der Waals surface area (Å²) in [4.78, 5) is 16.2. The highest BCUT2D eigenvalue weighted by atomic mass is 32.2. The number of nitrogens with zero attached hydrogens (tertiary/aromatic N) is 1. The maximum Gasteiger partial charge on any atom is 0.363 e. The van der Waals surface area contributed by atoms with Crippen molar-refractivity contribution in [2.24, 2.45) is 4.99 Å². The molecule has 3 aromatic carbocycles. The Hall–Kier alpha value is -3.98. The molecule has 0 radical (unpaired) electrons. The molecule has 0 N–H and O–H groups in total. The molecule has 0 amide bonds. The van der Waals surface area contributed by atoms with Gasteiger partial charge in [-0.25, -0.2) is 14.2 Å². The fourth-order valence-corrected chi connectivity index (χ4v) is 3.84. The summed E-state index contributed by atoms with van der Waals surface area (Å²) < 4.78 is 54.8. The van der Waals surface area contributed by atoms with E-state index in [9.17, 15) is 17.6 Å². The zero-order chi connectivity index (χ0) is 22.7. The zero-order valence-corrected chi connectivity index (χ0v) is 17.5. The average Bonchev–Trinajstić information content (AvgIpc) is 3.15. The van der Waals surface area contributed by atoms with Crippen LogP contribution in [0, 0.1) is 5.82 Å². The molecule has 0 aliphatic carbocycles. The second-order valence-electron chi connectivity index (χ2n) is 6.57. The van der Waals surface area contributed by atoms with Gasteiger partial charge >= 0.3 is 16.1 Å². The Morgan fingerprint density at radius 1 is 0.969 bits per heavy atom. The monoisotopic (exact) mass is 453 g/mol. The number of carbonyl (C=O) groups is 1. The average molecular weight is 453 g/mol. The molecule has 0 aromatic heterocycles. The van der Waals surface area contributed by atoms with E-state index in [4.69, 9.17) is 13.7 Å². The zero-order valence-electron chi connectivity index (χ0n) is 16.7. The lowest BCUT2D eigenvalue weighted by molar-refractivity contribution is -0.129. The molecule has 0 saturated carbocycles. The van der Waals surface area contributed by atoms with Crippen LogP contribution in [0.5, 0.6) is 11.5 Å². The van der Waals surface area contributed by atoms with Crippen LogP contribution in [0.2, 0.25) is 0 Å². The number of para-hydroxylation sites is 1. The molecule has 1 aliphatic rings. The number of hydrogen-bond acceptors (Lipinski definition) is 7. The van der Waals surface area contributed by atoms with Gasteiger partial charge in [0, 0.05) is 5.56 Å². The Kier molecular flexibility index (Phi) is 5.74. The van der Waals surface area contributed by atoms with Gasteiger partial charge in [-0.3, -0.25) is 0 Å². The number of halogens is 1. The number of benzene rings is 3. The number of rotatable bonds is 6. The number of hydrogen-bond donors (Lipinski definition) is 0. The van der Waals surface area contributed by atoms with Crippen molar-refractivity contribution < 1.29 is 31.3 Å². The molecular formula is C23H16FNO6S. The van der Waals surface area contributed by atoms with E-state index in [1.807, 2.05) is 0 Å². The minimum absolute atomic E-state index is 0.0156. The van der Waals surface area contributed by atoms with Gasteiger partial charge in [-0.05, 0) is 48.5 Å². The predicted molar refractivity (Wildman–Crippen MR) is 114 cm³/mol. The molecule has 0 atom stereocenters. The van der Waals surface area contributed by atoms with Crippen molar-refractivity contribution in [1.82, 2.24) is 0 Å². The summed E-state index contributed by atoms with van der Waals surface area (Å²) in [5, 5.41) is 0. The first-order valence-electron chi connectivity index (χ1n) is 9.32. The van der Waals surface area contributed by atoms with Gasteiger partial charge < -0.3 is 13.7 Å². The third kappa shape index (κ3) is 4.37. The molecule has 1 aliphatic heterocycles. The van der Waals surface area contributed by atoms with Crippen LogP contribution in [-0.4, -0.2) is 27.4 Å². The lowest BCUT2D eigenvalue weighted by Crippen LogP contribution is -2.10. The number of carbonyl (C=O) groups excluding carboxylic acids is 1. The molecule has 0 fully saturated rings. The van der Waals surface area contributed by atoms with E-state index in [2.05, 4.69) is 4.99 Å². The first-order valence-corrected chi connectivity index (χ1v) is 10.7. The normalized spacial score (nSPS) is 14.8. The highest BCUT2D eigenvalue weighted by Crippen LogP contribution is 2.28. The molecule has 4 rings (SSSR count). The molecule has 1 heterocycles. The maximum absolute atomic E-state index is 14.0. The minimum Gasteiger partial charge on any atom is -0.497 e. The van der Waals surface area contributed by atoms with Gasteiger partial charge in [0.15, 0.2) is 5.70 Å². The van der Waals surface area contributed by atoms with Gasteiger partial charge in [0.05, 0.1) is 12.7 Å². The molecule has 0 saturated heterocycles. The Morgan fingerprint density at radius 2 is 1.66 bits per heavy atom. The highest BCUT2D eigenvalue weighted by Gasteiger charge is 2.26. The lowest BCUT2D eigenvalue weighted by Gasteiger charge is -2.10. The van der Waals surface area contributed by atoms with Crippen molar-refractivity contribution in [2.75, 3.05) is 7.11 Å². The summed E-state index contributed by atoms with van der Waals surface area (Å²) in [7, 11) is -2.68. The second-order valence-corrected chi connectivity index (χ2v) is 8.11. The lowest BCUT2D eigenvalue weighted by atomic mass is 10.1. The molecule has 32 heavy (non-hydrogen) atoms. The van der Waals surface area contributed by atoms with E-state index in [-0.39, 0.29) is 33.4 Å². The van der Waals surface area contributed by atoms with E-state index in [0.29, 0.717) is 5.75 Å². The van der Waals surface area contributed by atoms with Crippen molar-refractivity contribution in [3.05, 3.63) is 95.4 Å². The van der Waals surface area contributed by atoms with Crippen LogP contribution in [0.25, 0.3) is 6.08 Å². The van der Waals surface area contributed by atoms with Crippen molar-refractivity contribution in [3.8, 4) is 11.5 Å².